The molecule has 2 aromatic carbocycles. The molecule has 30 heavy (non-hydrogen) atoms. The molecule has 3 rings (SSSR count). The first-order valence-corrected chi connectivity index (χ1v) is 11.0. The second kappa shape index (κ2) is 12.1. The molecular formula is C25H33NO4. The lowest BCUT2D eigenvalue weighted by molar-refractivity contribution is -0.133. The highest BCUT2D eigenvalue weighted by Gasteiger charge is 2.15. The molecule has 0 saturated heterocycles. The standard InChI is InChI=1S/C25H33NO4/c1-28-23-15-8-9-16-24(23)30-20-25(27)26-17-10-4-2-3-5-12-21-13-6-7-14-22(21)29-19-11-18-26/h6-9,13-16H,2-5,10-12,17-20H2,1H3. The number of methoxy groups -OCH3 is 1. The lowest BCUT2D eigenvalue weighted by Gasteiger charge is -2.23. The second-order valence-corrected chi connectivity index (χ2v) is 7.65. The fourth-order valence-corrected chi connectivity index (χ4v) is 3.77. The number of rotatable bonds is 4. The van der Waals surface area contributed by atoms with E-state index in [0.29, 0.717) is 24.7 Å². The van der Waals surface area contributed by atoms with Gasteiger partial charge in [0.25, 0.3) is 5.91 Å². The highest BCUT2D eigenvalue weighted by atomic mass is 16.5. The monoisotopic (exact) mass is 411 g/mol. The van der Waals surface area contributed by atoms with Gasteiger partial charge in [-0.1, -0.05) is 49.6 Å². The molecule has 2 aromatic rings. The maximum Gasteiger partial charge on any atom is 0.260 e. The Labute approximate surface area is 179 Å². The number of hydrogen-bond donors (Lipinski definition) is 0. The van der Waals surface area contributed by atoms with Crippen LogP contribution in [0.2, 0.25) is 0 Å². The summed E-state index contributed by atoms with van der Waals surface area (Å²) in [6.45, 7) is 2.07. The Balaban J connectivity index is 1.57. The molecule has 0 aliphatic carbocycles. The zero-order valence-corrected chi connectivity index (χ0v) is 18.0. The molecular weight excluding hydrogens is 378 g/mol. The largest absolute Gasteiger partial charge is 0.493 e. The minimum Gasteiger partial charge on any atom is -0.493 e. The lowest BCUT2D eigenvalue weighted by atomic mass is 10.0. The Hall–Kier alpha value is -2.69. The van der Waals surface area contributed by atoms with Gasteiger partial charge in [0.15, 0.2) is 18.1 Å². The Kier molecular flexibility index (Phi) is 8.88. The smallest absolute Gasteiger partial charge is 0.260 e. The predicted octanol–water partition coefficient (Wildman–Crippen LogP) is 4.88. The molecule has 0 saturated carbocycles. The maximum atomic E-state index is 12.8. The molecule has 0 radical (unpaired) electrons. The van der Waals surface area contributed by atoms with Crippen LogP contribution in [0, 0.1) is 0 Å². The summed E-state index contributed by atoms with van der Waals surface area (Å²) < 4.78 is 17.1. The van der Waals surface area contributed by atoms with Gasteiger partial charge in [-0.05, 0) is 49.4 Å². The van der Waals surface area contributed by atoms with Crippen LogP contribution in [-0.2, 0) is 11.2 Å². The van der Waals surface area contributed by atoms with Gasteiger partial charge in [-0.25, -0.2) is 0 Å². The lowest BCUT2D eigenvalue weighted by Crippen LogP contribution is -2.37. The molecule has 0 spiro atoms. The van der Waals surface area contributed by atoms with Crippen molar-refractivity contribution < 1.29 is 19.0 Å². The van der Waals surface area contributed by atoms with Crippen LogP contribution in [0.3, 0.4) is 0 Å². The molecule has 1 amide bonds. The van der Waals surface area contributed by atoms with Gasteiger partial charge in [0.2, 0.25) is 0 Å². The van der Waals surface area contributed by atoms with E-state index in [2.05, 4.69) is 12.1 Å². The van der Waals surface area contributed by atoms with Gasteiger partial charge in [0.05, 0.1) is 13.7 Å². The van der Waals surface area contributed by atoms with Gasteiger partial charge in [0.1, 0.15) is 5.75 Å². The number of ether oxygens (including phenoxy) is 3. The Morgan fingerprint density at radius 2 is 1.60 bits per heavy atom. The molecule has 0 N–H and O–H groups in total. The third kappa shape index (κ3) is 6.68. The Bertz CT molecular complexity index is 792. The number of carbonyl (C=O) groups excluding carboxylic acids is 1. The molecule has 0 bridgehead atoms. The second-order valence-electron chi connectivity index (χ2n) is 7.65. The zero-order chi connectivity index (χ0) is 21.0. The molecule has 5 heteroatoms. The van der Waals surface area contributed by atoms with Crippen LogP contribution in [-0.4, -0.2) is 44.2 Å². The fraction of sp³-hybridized carbons (Fsp3) is 0.480. The van der Waals surface area contributed by atoms with Crippen molar-refractivity contribution in [1.29, 1.82) is 0 Å². The SMILES string of the molecule is COc1ccccc1OCC(=O)N1CCCCCCCc2ccccc2OCCC1. The number of carbonyl (C=O) groups is 1. The topological polar surface area (TPSA) is 48.0 Å². The molecule has 162 valence electrons. The van der Waals surface area contributed by atoms with Gasteiger partial charge < -0.3 is 19.1 Å². The highest BCUT2D eigenvalue weighted by Crippen LogP contribution is 2.26. The average Bonchev–Trinajstić information content (AvgIpc) is 2.78. The van der Waals surface area contributed by atoms with E-state index >= 15 is 0 Å². The summed E-state index contributed by atoms with van der Waals surface area (Å²) in [5.41, 5.74) is 1.28. The van der Waals surface area contributed by atoms with Crippen LogP contribution in [0.1, 0.15) is 44.1 Å². The molecule has 0 aromatic heterocycles. The first-order valence-electron chi connectivity index (χ1n) is 11.0. The van der Waals surface area contributed by atoms with E-state index in [0.717, 1.165) is 38.0 Å². The van der Waals surface area contributed by atoms with E-state index in [9.17, 15) is 4.79 Å². The molecule has 1 aliphatic rings. The van der Waals surface area contributed by atoms with E-state index in [-0.39, 0.29) is 12.5 Å². The molecule has 0 unspecified atom stereocenters. The number of aryl methyl sites for hydroxylation is 1. The molecule has 0 fully saturated rings. The first-order chi connectivity index (χ1) is 14.8. The van der Waals surface area contributed by atoms with E-state index in [4.69, 9.17) is 14.2 Å². The third-order valence-electron chi connectivity index (χ3n) is 5.45. The number of hydrogen-bond acceptors (Lipinski definition) is 4. The van der Waals surface area contributed by atoms with Gasteiger partial charge >= 0.3 is 0 Å². The fourth-order valence-electron chi connectivity index (χ4n) is 3.77. The Morgan fingerprint density at radius 1 is 0.900 bits per heavy atom. The van der Waals surface area contributed by atoms with Crippen LogP contribution in [0.15, 0.2) is 48.5 Å². The van der Waals surface area contributed by atoms with Crippen molar-refractivity contribution >= 4 is 5.91 Å². The van der Waals surface area contributed by atoms with Crippen molar-refractivity contribution in [1.82, 2.24) is 4.90 Å². The van der Waals surface area contributed by atoms with Gasteiger partial charge in [-0.2, -0.15) is 0 Å². The normalized spacial score (nSPS) is 16.0. The van der Waals surface area contributed by atoms with Gasteiger partial charge in [-0.15, -0.1) is 0 Å². The summed E-state index contributed by atoms with van der Waals surface area (Å²) in [4.78, 5) is 14.7. The zero-order valence-electron chi connectivity index (χ0n) is 18.0. The van der Waals surface area contributed by atoms with Crippen molar-refractivity contribution in [2.45, 2.75) is 44.9 Å². The summed E-state index contributed by atoms with van der Waals surface area (Å²) in [6.07, 6.45) is 7.63. The number of nitrogens with zero attached hydrogens (tertiary/aromatic N) is 1. The Morgan fingerprint density at radius 3 is 2.47 bits per heavy atom. The van der Waals surface area contributed by atoms with Crippen LogP contribution in [0.25, 0.3) is 0 Å². The molecule has 5 nitrogen and oxygen atoms in total. The summed E-state index contributed by atoms with van der Waals surface area (Å²) in [6, 6.07) is 15.7. The van der Waals surface area contributed by atoms with Crippen LogP contribution >= 0.6 is 0 Å². The number of amides is 1. The minimum absolute atomic E-state index is 0.00778. The maximum absolute atomic E-state index is 12.8. The van der Waals surface area contributed by atoms with Crippen LogP contribution < -0.4 is 14.2 Å². The van der Waals surface area contributed by atoms with E-state index in [1.165, 1.54) is 24.8 Å². The summed E-state index contributed by atoms with van der Waals surface area (Å²) >= 11 is 0. The van der Waals surface area contributed by atoms with E-state index in [1.54, 1.807) is 7.11 Å². The van der Waals surface area contributed by atoms with Gasteiger partial charge in [-0.3, -0.25) is 4.79 Å². The highest BCUT2D eigenvalue weighted by molar-refractivity contribution is 5.77. The number of para-hydroxylation sites is 3. The minimum atomic E-state index is 0.00778. The van der Waals surface area contributed by atoms with Gasteiger partial charge in [0, 0.05) is 13.1 Å². The third-order valence-corrected chi connectivity index (χ3v) is 5.45. The van der Waals surface area contributed by atoms with Crippen molar-refractivity contribution in [2.75, 3.05) is 33.4 Å². The van der Waals surface area contributed by atoms with Crippen molar-refractivity contribution in [3.05, 3.63) is 54.1 Å². The van der Waals surface area contributed by atoms with Crippen LogP contribution in [0.5, 0.6) is 17.2 Å². The molecule has 1 heterocycles. The van der Waals surface area contributed by atoms with Crippen molar-refractivity contribution in [3.8, 4) is 17.2 Å². The van der Waals surface area contributed by atoms with Crippen molar-refractivity contribution in [3.63, 3.8) is 0 Å². The van der Waals surface area contributed by atoms with E-state index < -0.39 is 0 Å². The predicted molar refractivity (Wildman–Crippen MR) is 118 cm³/mol. The molecule has 0 atom stereocenters. The number of fused-ring (bicyclic) bond motifs is 1. The first kappa shape index (κ1) is 22.0. The van der Waals surface area contributed by atoms with Crippen LogP contribution in [0.4, 0.5) is 0 Å². The average molecular weight is 412 g/mol. The quantitative estimate of drug-likeness (QED) is 0.720. The van der Waals surface area contributed by atoms with E-state index in [1.807, 2.05) is 41.3 Å². The van der Waals surface area contributed by atoms with Crippen molar-refractivity contribution in [2.24, 2.45) is 0 Å². The number of benzene rings is 2. The summed E-state index contributed by atoms with van der Waals surface area (Å²) in [5, 5.41) is 0. The summed E-state index contributed by atoms with van der Waals surface area (Å²) in [5.74, 6) is 2.22. The molecule has 1 aliphatic heterocycles. The summed E-state index contributed by atoms with van der Waals surface area (Å²) in [7, 11) is 1.60.